The second kappa shape index (κ2) is 7.55. The normalized spacial score (nSPS) is 20.0. The Bertz CT molecular complexity index is 970. The van der Waals surface area contributed by atoms with Gasteiger partial charge >= 0.3 is 0 Å². The van der Waals surface area contributed by atoms with Crippen molar-refractivity contribution < 1.29 is 5.11 Å². The number of hydrogen-bond acceptors (Lipinski definition) is 5. The number of nitrogens with two attached hydrogens (primary N) is 1. The second-order valence-corrected chi connectivity index (χ2v) is 8.32. The topological polar surface area (TPSA) is 99.0 Å². The fourth-order valence-corrected chi connectivity index (χ4v) is 4.43. The number of nitrogens with zero attached hydrogens (tertiary/aromatic N) is 1. The van der Waals surface area contributed by atoms with E-state index >= 15 is 0 Å². The van der Waals surface area contributed by atoms with Gasteiger partial charge in [0.1, 0.15) is 11.6 Å². The number of halogens is 1. The molecule has 0 bridgehead atoms. The summed E-state index contributed by atoms with van der Waals surface area (Å²) in [4.78, 5) is 7.73. The number of pyridine rings is 1. The van der Waals surface area contributed by atoms with E-state index in [1.54, 1.807) is 0 Å². The zero-order chi connectivity index (χ0) is 19.0. The Kier molecular flexibility index (Phi) is 5.14. The molecule has 7 heteroatoms. The van der Waals surface area contributed by atoms with Gasteiger partial charge in [0.25, 0.3) is 0 Å². The van der Waals surface area contributed by atoms with Gasteiger partial charge in [-0.05, 0) is 60.1 Å². The lowest BCUT2D eigenvalue weighted by Crippen LogP contribution is -2.42. The largest absolute Gasteiger partial charge is 0.494 e. The minimum atomic E-state index is 0.117. The Hall–Kier alpha value is -2.00. The Morgan fingerprint density at radius 2 is 2.07 bits per heavy atom. The van der Waals surface area contributed by atoms with Gasteiger partial charge < -0.3 is 26.5 Å². The molecule has 0 aliphatic heterocycles. The summed E-state index contributed by atoms with van der Waals surface area (Å²) in [6.07, 6.45) is 6.28. The van der Waals surface area contributed by atoms with E-state index in [9.17, 15) is 5.11 Å². The number of aromatic hydroxyl groups is 1. The molecule has 4 rings (SSSR count). The number of benzene rings is 1. The van der Waals surface area contributed by atoms with E-state index in [1.165, 1.54) is 12.8 Å². The van der Waals surface area contributed by atoms with Gasteiger partial charge in [0, 0.05) is 29.4 Å². The molecule has 27 heavy (non-hydrogen) atoms. The Balaban J connectivity index is 1.75. The van der Waals surface area contributed by atoms with Gasteiger partial charge in [-0.1, -0.05) is 25.0 Å². The third-order valence-corrected chi connectivity index (χ3v) is 6.28. The van der Waals surface area contributed by atoms with Crippen LogP contribution in [0.4, 0.5) is 17.3 Å². The lowest BCUT2D eigenvalue weighted by atomic mass is 9.91. The quantitative estimate of drug-likeness (QED) is 0.354. The minimum Gasteiger partial charge on any atom is -0.494 e. The fraction of sp³-hybridized carbons (Fsp3) is 0.350. The smallest absolute Gasteiger partial charge is 0.200 e. The van der Waals surface area contributed by atoms with Gasteiger partial charge in [-0.25, -0.2) is 4.98 Å². The predicted octanol–water partition coefficient (Wildman–Crippen LogP) is 4.61. The summed E-state index contributed by atoms with van der Waals surface area (Å²) in [5.41, 5.74) is 8.41. The first-order valence-corrected chi connectivity index (χ1v) is 10.4. The van der Waals surface area contributed by atoms with Gasteiger partial charge in [-0.3, -0.25) is 0 Å². The van der Waals surface area contributed by atoms with Crippen LogP contribution in [0.1, 0.15) is 31.2 Å². The van der Waals surface area contributed by atoms with Gasteiger partial charge in [0.05, 0.1) is 8.96 Å². The van der Waals surface area contributed by atoms with E-state index in [4.69, 9.17) is 10.7 Å². The van der Waals surface area contributed by atoms with Gasteiger partial charge in [0.15, 0.2) is 5.88 Å². The van der Waals surface area contributed by atoms with Crippen molar-refractivity contribution in [3.05, 3.63) is 39.6 Å². The van der Waals surface area contributed by atoms with Crippen molar-refractivity contribution in [3.63, 3.8) is 0 Å². The number of aryl methyl sites for hydroxylation is 1. The molecule has 3 aromatic rings. The summed E-state index contributed by atoms with van der Waals surface area (Å²) in [5, 5.41) is 18.9. The van der Waals surface area contributed by atoms with Gasteiger partial charge in [-0.15, -0.1) is 0 Å². The van der Waals surface area contributed by atoms with Gasteiger partial charge in [0.2, 0.25) is 0 Å². The van der Waals surface area contributed by atoms with E-state index in [0.29, 0.717) is 11.2 Å². The summed E-state index contributed by atoms with van der Waals surface area (Å²) in [6, 6.07) is 8.45. The Morgan fingerprint density at radius 3 is 2.85 bits per heavy atom. The van der Waals surface area contributed by atoms with Crippen molar-refractivity contribution in [2.45, 2.75) is 44.7 Å². The summed E-state index contributed by atoms with van der Waals surface area (Å²) in [6.45, 7) is 2.05. The van der Waals surface area contributed by atoms with Crippen LogP contribution < -0.4 is 16.4 Å². The molecule has 2 aromatic heterocycles. The molecule has 142 valence electrons. The second-order valence-electron chi connectivity index (χ2n) is 7.24. The van der Waals surface area contributed by atoms with Crippen molar-refractivity contribution in [3.8, 4) is 5.88 Å². The first-order chi connectivity index (χ1) is 13.0. The molecule has 2 heterocycles. The molecule has 0 amide bonds. The molecule has 0 radical (unpaired) electrons. The minimum absolute atomic E-state index is 0.117. The summed E-state index contributed by atoms with van der Waals surface area (Å²) in [7, 11) is 0. The number of nitrogens with one attached hydrogen (secondary N) is 3. The van der Waals surface area contributed by atoms with E-state index in [-0.39, 0.29) is 18.0 Å². The van der Waals surface area contributed by atoms with Crippen LogP contribution in [-0.4, -0.2) is 27.2 Å². The van der Waals surface area contributed by atoms with Crippen LogP contribution in [0.5, 0.6) is 5.88 Å². The van der Waals surface area contributed by atoms with E-state index in [2.05, 4.69) is 44.3 Å². The third kappa shape index (κ3) is 3.70. The number of rotatable bonds is 4. The van der Waals surface area contributed by atoms with Crippen LogP contribution in [0, 0.1) is 10.5 Å². The van der Waals surface area contributed by atoms with Crippen LogP contribution in [0.3, 0.4) is 0 Å². The first-order valence-electron chi connectivity index (χ1n) is 9.28. The maximum Gasteiger partial charge on any atom is 0.200 e. The summed E-state index contributed by atoms with van der Waals surface area (Å²) < 4.78 is 0.978. The van der Waals surface area contributed by atoms with Crippen LogP contribution in [-0.2, 0) is 0 Å². The third-order valence-electron chi connectivity index (χ3n) is 5.19. The summed E-state index contributed by atoms with van der Waals surface area (Å²) in [5.74, 6) is 1.55. The van der Waals surface area contributed by atoms with Gasteiger partial charge in [-0.2, -0.15) is 0 Å². The Labute approximate surface area is 172 Å². The number of aromatic amines is 1. The molecule has 0 saturated heterocycles. The molecule has 1 aromatic carbocycles. The van der Waals surface area contributed by atoms with Crippen LogP contribution in [0.2, 0.25) is 0 Å². The van der Waals surface area contributed by atoms with E-state index in [0.717, 1.165) is 38.9 Å². The number of anilines is 3. The number of H-pyrrole nitrogens is 1. The van der Waals surface area contributed by atoms with Crippen molar-refractivity contribution in [1.29, 1.82) is 0 Å². The lowest BCUT2D eigenvalue weighted by Gasteiger charge is -2.30. The van der Waals surface area contributed by atoms with E-state index in [1.807, 2.05) is 31.3 Å². The molecule has 0 unspecified atom stereocenters. The monoisotopic (exact) mass is 477 g/mol. The van der Waals surface area contributed by atoms with Crippen molar-refractivity contribution in [2.24, 2.45) is 5.73 Å². The average Bonchev–Trinajstić information content (AvgIpc) is 3.03. The molecule has 1 aliphatic rings. The van der Waals surface area contributed by atoms with E-state index < -0.39 is 0 Å². The van der Waals surface area contributed by atoms with Crippen molar-refractivity contribution in [2.75, 3.05) is 10.6 Å². The number of hydrogen-bond donors (Lipinski definition) is 5. The number of aromatic nitrogens is 2. The SMILES string of the molecule is Cc1cccc(Nc2nc(N[C@@H]3CCCC[C@@H]3N)c(I)c3c[nH]c(O)c23)c1. The maximum atomic E-state index is 10.3. The molecule has 0 spiro atoms. The van der Waals surface area contributed by atoms with Crippen LogP contribution in [0.15, 0.2) is 30.5 Å². The molecule has 6 nitrogen and oxygen atoms in total. The zero-order valence-corrected chi connectivity index (χ0v) is 17.4. The Morgan fingerprint density at radius 1 is 1.26 bits per heavy atom. The lowest BCUT2D eigenvalue weighted by molar-refractivity contribution is 0.403. The first kappa shape index (κ1) is 18.4. The molecule has 1 fully saturated rings. The zero-order valence-electron chi connectivity index (χ0n) is 15.2. The molecular formula is C20H24IN5O. The van der Waals surface area contributed by atoms with Crippen molar-refractivity contribution in [1.82, 2.24) is 9.97 Å². The highest BCUT2D eigenvalue weighted by Gasteiger charge is 2.24. The highest BCUT2D eigenvalue weighted by molar-refractivity contribution is 14.1. The fourth-order valence-electron chi connectivity index (χ4n) is 3.73. The number of fused-ring (bicyclic) bond motifs is 1. The maximum absolute atomic E-state index is 10.3. The molecule has 2 atom stereocenters. The van der Waals surface area contributed by atoms with Crippen molar-refractivity contribution >= 4 is 50.7 Å². The highest BCUT2D eigenvalue weighted by atomic mass is 127. The molecule has 1 aliphatic carbocycles. The standard InChI is InChI=1S/C20H24IN5O/c1-11-5-4-6-12(9-11)24-18-16-13(10-23-20(16)27)17(21)19(26-18)25-15-8-3-2-7-14(15)22/h4-6,9-10,14-15,23,25,27H,2-3,7-8,22H2,1H3,(H,24,26)/t14-,15+/m0/s1. The summed E-state index contributed by atoms with van der Waals surface area (Å²) >= 11 is 2.28. The van der Waals surface area contributed by atoms with Crippen LogP contribution >= 0.6 is 22.6 Å². The average molecular weight is 477 g/mol. The molecular weight excluding hydrogens is 453 g/mol. The van der Waals surface area contributed by atoms with Crippen LogP contribution in [0.25, 0.3) is 10.8 Å². The predicted molar refractivity (Wildman–Crippen MR) is 119 cm³/mol. The molecule has 1 saturated carbocycles. The highest BCUT2D eigenvalue weighted by Crippen LogP contribution is 2.38. The molecule has 6 N–H and O–H groups in total.